The summed E-state index contributed by atoms with van der Waals surface area (Å²) in [7, 11) is 3.32. The highest BCUT2D eigenvalue weighted by Gasteiger charge is 2.03. The highest BCUT2D eigenvalue weighted by Crippen LogP contribution is 2.34. The second-order valence-corrected chi connectivity index (χ2v) is 3.98. The van der Waals surface area contributed by atoms with Gasteiger partial charge in [-0.1, -0.05) is 6.07 Å². The number of aromatic hydroxyl groups is 1. The summed E-state index contributed by atoms with van der Waals surface area (Å²) >= 11 is 3.00. The highest BCUT2D eigenvalue weighted by molar-refractivity contribution is 8.20. The van der Waals surface area contributed by atoms with Crippen molar-refractivity contribution in [3.63, 3.8) is 0 Å². The Morgan fingerprint density at radius 2 is 2.18 bits per heavy atom. The molecule has 0 spiro atoms. The summed E-state index contributed by atoms with van der Waals surface area (Å²) in [6, 6.07) is 5.48. The number of phenols is 1. The number of hydrogen-bond donors (Lipinski definition) is 1. The Balaban J connectivity index is 3.13. The van der Waals surface area contributed by atoms with Crippen LogP contribution in [0.4, 0.5) is 0 Å². The van der Waals surface area contributed by atoms with E-state index in [9.17, 15) is 5.11 Å². The van der Waals surface area contributed by atoms with Gasteiger partial charge in [-0.05, 0) is 18.4 Å². The fraction of sp³-hybridized carbons (Fsp3) is 0.143. The molecule has 0 heterocycles. The van der Waals surface area contributed by atoms with Crippen LogP contribution in [0.25, 0.3) is 0 Å². The molecule has 1 aromatic rings. The zero-order chi connectivity index (χ0) is 8.27. The van der Waals surface area contributed by atoms with Crippen LogP contribution in [0, 0.1) is 0 Å². The second kappa shape index (κ2) is 4.09. The monoisotopic (exact) mass is 199 g/mol. The molecule has 4 heteroatoms. The van der Waals surface area contributed by atoms with Gasteiger partial charge in [0.2, 0.25) is 0 Å². The summed E-state index contributed by atoms with van der Waals surface area (Å²) in [4.78, 5) is 1.97. The van der Waals surface area contributed by atoms with Crippen LogP contribution in [-0.2, 0) is 0 Å². The summed E-state index contributed by atoms with van der Waals surface area (Å²) < 4.78 is 0. The van der Waals surface area contributed by atoms with Crippen molar-refractivity contribution in [2.75, 3.05) is 6.26 Å². The maximum absolute atomic E-state index is 9.37. The quantitative estimate of drug-likeness (QED) is 0.583. The number of phenolic OH excluding ortho intramolecular Hbond substituents is 1. The van der Waals surface area contributed by atoms with Gasteiger partial charge in [-0.2, -0.15) is 11.2 Å². The Hall–Kier alpha value is -0.0631. The summed E-state index contributed by atoms with van der Waals surface area (Å²) in [6.45, 7) is 0. The second-order valence-electron chi connectivity index (χ2n) is 1.91. The van der Waals surface area contributed by atoms with E-state index in [0.29, 0.717) is 5.75 Å². The zero-order valence-corrected chi connectivity index (χ0v) is 8.63. The van der Waals surface area contributed by atoms with Gasteiger partial charge >= 0.3 is 0 Å². The lowest BCUT2D eigenvalue weighted by Gasteiger charge is -2.05. The van der Waals surface area contributed by atoms with Crippen molar-refractivity contribution in [1.82, 2.24) is 0 Å². The van der Waals surface area contributed by atoms with Crippen molar-refractivity contribution >= 4 is 32.4 Å². The molecular formula is C7H7OS2Si. The molecule has 0 aliphatic rings. The zero-order valence-electron chi connectivity index (χ0n) is 6.00. The van der Waals surface area contributed by atoms with Crippen LogP contribution in [0.5, 0.6) is 5.75 Å². The van der Waals surface area contributed by atoms with Crippen molar-refractivity contribution < 1.29 is 5.11 Å². The first-order valence-electron chi connectivity index (χ1n) is 2.99. The standard InChI is InChI=1S/C7H7OS2Si/c1-9-7-5(8)3-2-4-6(7)10-11/h2-4,8H,1H3. The predicted molar refractivity (Wildman–Crippen MR) is 51.5 cm³/mol. The fourth-order valence-electron chi connectivity index (χ4n) is 0.790. The van der Waals surface area contributed by atoms with E-state index >= 15 is 0 Å². The predicted octanol–water partition coefficient (Wildman–Crippen LogP) is 2.29. The average molecular weight is 199 g/mol. The Kier molecular flexibility index (Phi) is 3.35. The van der Waals surface area contributed by atoms with Crippen LogP contribution in [0.1, 0.15) is 0 Å². The number of thioether (sulfide) groups is 1. The molecule has 3 radical (unpaired) electrons. The van der Waals surface area contributed by atoms with Gasteiger partial charge < -0.3 is 5.11 Å². The van der Waals surface area contributed by atoms with E-state index in [2.05, 4.69) is 9.39 Å². The maximum Gasteiger partial charge on any atom is 0.130 e. The smallest absolute Gasteiger partial charge is 0.130 e. The van der Waals surface area contributed by atoms with Crippen LogP contribution >= 0.6 is 23.0 Å². The van der Waals surface area contributed by atoms with Crippen molar-refractivity contribution in [3.05, 3.63) is 18.2 Å². The summed E-state index contributed by atoms with van der Waals surface area (Å²) in [5.74, 6) is 0.348. The first-order chi connectivity index (χ1) is 5.29. The van der Waals surface area contributed by atoms with Crippen LogP contribution in [0.3, 0.4) is 0 Å². The number of benzene rings is 1. The number of rotatable bonds is 2. The fourth-order valence-corrected chi connectivity index (χ4v) is 2.79. The van der Waals surface area contributed by atoms with E-state index < -0.39 is 0 Å². The third-order valence-electron chi connectivity index (χ3n) is 1.27. The van der Waals surface area contributed by atoms with Crippen molar-refractivity contribution in [2.45, 2.75) is 9.79 Å². The molecule has 0 atom stereocenters. The normalized spacial score (nSPS) is 10.0. The molecule has 0 unspecified atom stereocenters. The summed E-state index contributed by atoms with van der Waals surface area (Å²) in [6.07, 6.45) is 1.95. The molecule has 0 amide bonds. The Morgan fingerprint density at radius 1 is 1.45 bits per heavy atom. The molecule has 0 saturated heterocycles. The Morgan fingerprint density at radius 3 is 2.64 bits per heavy atom. The molecule has 11 heavy (non-hydrogen) atoms. The van der Waals surface area contributed by atoms with Crippen molar-refractivity contribution in [1.29, 1.82) is 0 Å². The molecule has 0 bridgehead atoms. The maximum atomic E-state index is 9.37. The lowest BCUT2D eigenvalue weighted by Crippen LogP contribution is -1.77. The molecule has 0 saturated carbocycles. The van der Waals surface area contributed by atoms with Crippen molar-refractivity contribution in [2.24, 2.45) is 0 Å². The van der Waals surface area contributed by atoms with E-state index in [4.69, 9.17) is 0 Å². The SMILES string of the molecule is CSc1c(O)cccc1S[Si]. The third kappa shape index (κ3) is 1.95. The van der Waals surface area contributed by atoms with E-state index in [1.807, 2.05) is 18.4 Å². The van der Waals surface area contributed by atoms with Gasteiger partial charge in [-0.3, -0.25) is 0 Å². The molecule has 1 aromatic carbocycles. The van der Waals surface area contributed by atoms with Gasteiger partial charge in [-0.25, -0.2) is 0 Å². The topological polar surface area (TPSA) is 20.2 Å². The van der Waals surface area contributed by atoms with Crippen LogP contribution in [0.2, 0.25) is 0 Å². The molecule has 0 aliphatic heterocycles. The minimum Gasteiger partial charge on any atom is -0.507 e. The Labute approximate surface area is 77.7 Å². The van der Waals surface area contributed by atoms with E-state index in [0.717, 1.165) is 9.79 Å². The van der Waals surface area contributed by atoms with Gasteiger partial charge in [-0.15, -0.1) is 11.8 Å². The van der Waals surface area contributed by atoms with Gasteiger partial charge in [0.25, 0.3) is 0 Å². The molecule has 0 aromatic heterocycles. The van der Waals surface area contributed by atoms with Gasteiger partial charge in [0, 0.05) is 4.90 Å². The van der Waals surface area contributed by atoms with E-state index in [1.54, 1.807) is 17.8 Å². The molecule has 57 valence electrons. The van der Waals surface area contributed by atoms with Crippen molar-refractivity contribution in [3.8, 4) is 5.75 Å². The van der Waals surface area contributed by atoms with Gasteiger partial charge in [0.05, 0.1) is 4.90 Å². The first-order valence-corrected chi connectivity index (χ1v) is 6.25. The van der Waals surface area contributed by atoms with Crippen LogP contribution < -0.4 is 0 Å². The summed E-state index contributed by atoms with van der Waals surface area (Å²) in [5.41, 5.74) is 0. The lowest BCUT2D eigenvalue weighted by atomic mass is 10.3. The average Bonchev–Trinajstić information content (AvgIpc) is 2.04. The first kappa shape index (κ1) is 9.03. The van der Waals surface area contributed by atoms with E-state index in [-0.39, 0.29) is 0 Å². The van der Waals surface area contributed by atoms with Crippen LogP contribution in [0.15, 0.2) is 28.0 Å². The molecule has 1 N–H and O–H groups in total. The van der Waals surface area contributed by atoms with Gasteiger partial charge in [0.1, 0.15) is 15.1 Å². The summed E-state index contributed by atoms with van der Waals surface area (Å²) in [5, 5.41) is 9.37. The third-order valence-corrected chi connectivity index (χ3v) is 3.46. The minimum absolute atomic E-state index is 0.348. The van der Waals surface area contributed by atoms with Crippen LogP contribution in [-0.4, -0.2) is 20.8 Å². The Bertz CT molecular complexity index is 252. The number of hydrogen-bond acceptors (Lipinski definition) is 3. The molecule has 1 nitrogen and oxygen atoms in total. The molecular weight excluding hydrogens is 192 g/mol. The highest BCUT2D eigenvalue weighted by atomic mass is 32.4. The van der Waals surface area contributed by atoms with Gasteiger partial charge in [0.15, 0.2) is 0 Å². The molecule has 0 fully saturated rings. The largest absolute Gasteiger partial charge is 0.507 e. The molecule has 1 rings (SSSR count). The van der Waals surface area contributed by atoms with E-state index in [1.165, 1.54) is 11.2 Å². The minimum atomic E-state index is 0.348. The lowest BCUT2D eigenvalue weighted by molar-refractivity contribution is 0.459. The molecule has 0 aliphatic carbocycles.